The van der Waals surface area contributed by atoms with Crippen molar-refractivity contribution in [3.8, 4) is 0 Å². The lowest BCUT2D eigenvalue weighted by Gasteiger charge is -2.31. The van der Waals surface area contributed by atoms with E-state index in [2.05, 4.69) is 79.1 Å². The molecule has 11 atom stereocenters. The van der Waals surface area contributed by atoms with E-state index in [0.717, 1.165) is 10.8 Å². The van der Waals surface area contributed by atoms with Crippen molar-refractivity contribution in [2.45, 2.75) is 191 Å². The van der Waals surface area contributed by atoms with Gasteiger partial charge in [-0.1, -0.05) is 118 Å². The zero-order valence-electron chi connectivity index (χ0n) is 63.9. The summed E-state index contributed by atoms with van der Waals surface area (Å²) in [6.07, 6.45) is 6.33. The third kappa shape index (κ3) is 27.3. The number of aliphatic hydroxyl groups is 1. The van der Waals surface area contributed by atoms with Gasteiger partial charge in [-0.15, -0.1) is 0 Å². The number of hydrogen-bond donors (Lipinski definition) is 15. The minimum Gasteiger partial charge on any atom is -0.394 e. The zero-order valence-corrected chi connectivity index (χ0v) is 64.6. The summed E-state index contributed by atoms with van der Waals surface area (Å²) < 4.78 is 0. The number of imide groups is 1. The maximum absolute atomic E-state index is 15.3. The SMILES string of the molecule is CC(=O)N[C@H](Cc1ccc2ccccc2c1)C(=O)N[C@H](Cc1ccc(Cl)cc1)C(=O)N[C@H](Cc1cccnc1)C(=O)N[C@@H](CO)C(=O)N[C@@H](Cc1ccc(NC(=O)[C@@H]2CC(=O)NC(=O)N2)cc1)C(=O)N[C@H](Cc1cccnc1)C(=O)N[C@@H](CC(C)C)C(=O)N[C@@H](CCCCNC(C)C)C(=O)N1CCC[C@H]1C(=O)N[C@H](C)C(N)=O. The summed E-state index contributed by atoms with van der Waals surface area (Å²) in [5.41, 5.74) is 8.03. The molecular weight excluding hydrogens is 1470 g/mol. The molecule has 0 saturated carbocycles. The van der Waals surface area contributed by atoms with Gasteiger partial charge in [0.05, 0.1) is 13.0 Å². The molecule has 4 aromatic carbocycles. The monoisotopic (exact) mass is 1570 g/mol. The van der Waals surface area contributed by atoms with Gasteiger partial charge in [-0.05, 0) is 133 Å². The maximum atomic E-state index is 15.3. The minimum atomic E-state index is -1.89. The summed E-state index contributed by atoms with van der Waals surface area (Å²) in [5.74, 6) is -10.6. The number of primary amides is 1. The molecule has 602 valence electrons. The van der Waals surface area contributed by atoms with Crippen molar-refractivity contribution in [1.29, 1.82) is 0 Å². The van der Waals surface area contributed by atoms with E-state index < -0.39 is 162 Å². The van der Waals surface area contributed by atoms with E-state index in [4.69, 9.17) is 17.3 Å². The number of pyridine rings is 2. The van der Waals surface area contributed by atoms with Crippen LogP contribution in [0.25, 0.3) is 10.8 Å². The average Bonchev–Trinajstić information content (AvgIpc) is 1.78. The Hall–Kier alpha value is -11.8. The first-order valence-electron chi connectivity index (χ1n) is 37.6. The second-order valence-corrected chi connectivity index (χ2v) is 29.4. The molecule has 0 radical (unpaired) electrons. The van der Waals surface area contributed by atoms with Gasteiger partial charge in [-0.25, -0.2) is 4.79 Å². The van der Waals surface area contributed by atoms with Gasteiger partial charge in [0.2, 0.25) is 76.8 Å². The molecule has 0 bridgehead atoms. The molecule has 15 amide bonds. The second-order valence-electron chi connectivity index (χ2n) is 28.9. The first kappa shape index (κ1) is 86.8. The van der Waals surface area contributed by atoms with Gasteiger partial charge in [0.25, 0.3) is 0 Å². The molecule has 8 rings (SSSR count). The number of anilines is 1. The molecule has 0 aliphatic carbocycles. The Morgan fingerprint density at radius 2 is 1.04 bits per heavy atom. The van der Waals surface area contributed by atoms with Crippen molar-refractivity contribution in [3.05, 3.63) is 173 Å². The number of aromatic nitrogens is 2. The summed E-state index contributed by atoms with van der Waals surface area (Å²) in [6.45, 7) is 9.90. The van der Waals surface area contributed by atoms with E-state index in [9.17, 15) is 62.6 Å². The molecule has 113 heavy (non-hydrogen) atoms. The van der Waals surface area contributed by atoms with Crippen molar-refractivity contribution in [1.82, 2.24) is 78.7 Å². The standard InChI is InChI=1S/C80H100ClN17O15/c1-45(2)34-59(71(104)89-58(18-9-10-32-85-46(3)4)79(112)98-33-13-19-67(98)78(111)86-47(5)69(82)102)90-75(108)63(39-52-14-11-30-83-42-52)92-74(107)62(37-50-23-28-57(29-24-50)88-70(103)65-41-68(101)97-80(113)96-65)94-77(110)66(44-99)95-76(109)64(40-53-15-12-31-84-43-53)93-73(106)61(36-49-21-26-56(81)27-22-49)91-72(105)60(87-48(6)100)38-51-20-25-54-16-7-8-17-55(54)35-51/h7-8,11-12,14-17,20-31,35,42-43,45-47,58-67,85,99H,9-10,13,18-19,32-34,36-41,44H2,1-6H3,(H2,82,102)(H,86,111)(H,87,100)(H,88,103)(H,89,104)(H,90,108)(H,91,105)(H,92,107)(H,93,106)(H,94,110)(H,95,109)(H2,96,97,101,113)/t47-,58+,59+,60-,61-,62+,63-,64-,65+,66+,67+/m1/s1. The summed E-state index contributed by atoms with van der Waals surface area (Å²) in [5, 5.41) is 48.0. The fourth-order valence-corrected chi connectivity index (χ4v) is 13.1. The smallest absolute Gasteiger partial charge is 0.322 e. The number of rotatable bonds is 40. The number of amides is 15. The number of benzene rings is 4. The fraction of sp³-hybridized carbons (Fsp3) is 0.425. The Morgan fingerprint density at radius 3 is 1.55 bits per heavy atom. The van der Waals surface area contributed by atoms with Gasteiger partial charge in [-0.2, -0.15) is 0 Å². The molecular formula is C80H100ClN17O15. The van der Waals surface area contributed by atoms with Crippen LogP contribution in [0.15, 0.2) is 140 Å². The van der Waals surface area contributed by atoms with Crippen LogP contribution in [0.1, 0.15) is 114 Å². The number of nitrogens with zero attached hydrogens (tertiary/aromatic N) is 3. The summed E-state index contributed by atoms with van der Waals surface area (Å²) in [6, 6.07) is 16.0. The van der Waals surface area contributed by atoms with Crippen LogP contribution in [0.4, 0.5) is 10.5 Å². The maximum Gasteiger partial charge on any atom is 0.322 e. The van der Waals surface area contributed by atoms with E-state index in [1.165, 1.54) is 67.8 Å². The lowest BCUT2D eigenvalue weighted by Crippen LogP contribution is -2.62. The van der Waals surface area contributed by atoms with Crippen LogP contribution in [0.5, 0.6) is 0 Å². The Morgan fingerprint density at radius 1 is 0.549 bits per heavy atom. The molecule has 2 aromatic heterocycles. The number of carbonyl (C=O) groups excluding carboxylic acids is 14. The van der Waals surface area contributed by atoms with Gasteiger partial charge in [0.1, 0.15) is 66.5 Å². The first-order chi connectivity index (χ1) is 54.0. The van der Waals surface area contributed by atoms with Crippen LogP contribution in [-0.4, -0.2) is 195 Å². The molecule has 33 heteroatoms. The van der Waals surface area contributed by atoms with Crippen molar-refractivity contribution < 1.29 is 72.2 Å². The van der Waals surface area contributed by atoms with Crippen molar-refractivity contribution >= 4 is 111 Å². The van der Waals surface area contributed by atoms with Crippen molar-refractivity contribution in [2.24, 2.45) is 11.7 Å². The predicted octanol–water partition coefficient (Wildman–Crippen LogP) is 1.42. The van der Waals surface area contributed by atoms with E-state index >= 15 is 9.59 Å². The number of hydrogen-bond acceptors (Lipinski definition) is 18. The van der Waals surface area contributed by atoms with Gasteiger partial charge in [-0.3, -0.25) is 77.6 Å². The van der Waals surface area contributed by atoms with Crippen LogP contribution < -0.4 is 74.9 Å². The Kier molecular flexibility index (Phi) is 32.7. The summed E-state index contributed by atoms with van der Waals surface area (Å²) in [7, 11) is 0. The van der Waals surface area contributed by atoms with E-state index in [0.29, 0.717) is 58.6 Å². The molecule has 2 aliphatic heterocycles. The van der Waals surface area contributed by atoms with Crippen LogP contribution in [0.2, 0.25) is 5.02 Å². The number of likely N-dealkylation sites (tertiary alicyclic amines) is 1. The highest BCUT2D eigenvalue weighted by Crippen LogP contribution is 2.23. The number of nitrogens with two attached hydrogens (primary N) is 1. The highest BCUT2D eigenvalue weighted by Gasteiger charge is 2.41. The largest absolute Gasteiger partial charge is 0.394 e. The van der Waals surface area contributed by atoms with Gasteiger partial charge < -0.3 is 79.5 Å². The van der Waals surface area contributed by atoms with Crippen LogP contribution in [0, 0.1) is 5.92 Å². The number of fused-ring (bicyclic) bond motifs is 1. The predicted molar refractivity (Wildman–Crippen MR) is 419 cm³/mol. The highest BCUT2D eigenvalue weighted by atomic mass is 35.5. The molecule has 6 aromatic rings. The summed E-state index contributed by atoms with van der Waals surface area (Å²) >= 11 is 6.26. The van der Waals surface area contributed by atoms with Gasteiger partial charge in [0, 0.05) is 87.1 Å². The number of halogens is 1. The zero-order chi connectivity index (χ0) is 81.8. The number of aliphatic hydroxyl groups excluding tert-OH is 1. The number of nitrogens with one attached hydrogen (secondary N) is 13. The Labute approximate surface area is 659 Å². The summed E-state index contributed by atoms with van der Waals surface area (Å²) in [4.78, 5) is 205. The number of carbonyl (C=O) groups is 14. The molecule has 2 aliphatic rings. The lowest BCUT2D eigenvalue weighted by atomic mass is 9.99. The molecule has 0 spiro atoms. The van der Waals surface area contributed by atoms with Crippen LogP contribution in [0.3, 0.4) is 0 Å². The number of urea groups is 1. The fourth-order valence-electron chi connectivity index (χ4n) is 13.0. The molecule has 16 N–H and O–H groups in total. The normalized spacial score (nSPS) is 16.4. The first-order valence-corrected chi connectivity index (χ1v) is 38.0. The number of unbranched alkanes of at least 4 members (excludes halogenated alkanes) is 1. The molecule has 4 heterocycles. The molecule has 0 unspecified atom stereocenters. The quantitative estimate of drug-likeness (QED) is 0.0242. The van der Waals surface area contributed by atoms with Crippen molar-refractivity contribution in [2.75, 3.05) is 25.0 Å². The molecule has 2 saturated heterocycles. The van der Waals surface area contributed by atoms with Crippen LogP contribution in [-0.2, 0) is 94.4 Å². The lowest BCUT2D eigenvalue weighted by molar-refractivity contribution is -0.142. The highest BCUT2D eigenvalue weighted by molar-refractivity contribution is 6.30. The van der Waals surface area contributed by atoms with E-state index in [1.807, 2.05) is 56.3 Å². The Bertz CT molecular complexity index is 4330. The molecule has 32 nitrogen and oxygen atoms in total. The van der Waals surface area contributed by atoms with Gasteiger partial charge >= 0.3 is 6.03 Å². The van der Waals surface area contributed by atoms with Crippen LogP contribution >= 0.6 is 11.6 Å². The average molecular weight is 1580 g/mol. The molecule has 2 fully saturated rings. The topological polar surface area (TPSA) is 471 Å². The third-order valence-electron chi connectivity index (χ3n) is 18.9. The van der Waals surface area contributed by atoms with E-state index in [1.54, 1.807) is 62.4 Å². The van der Waals surface area contributed by atoms with Gasteiger partial charge in [0.15, 0.2) is 0 Å². The minimum absolute atomic E-state index is 0.0130. The van der Waals surface area contributed by atoms with Crippen molar-refractivity contribution in [3.63, 3.8) is 0 Å². The second kappa shape index (κ2) is 42.6. The van der Waals surface area contributed by atoms with E-state index in [-0.39, 0.29) is 75.6 Å². The third-order valence-corrected chi connectivity index (χ3v) is 19.2. The Balaban J connectivity index is 1.07.